The predicted octanol–water partition coefficient (Wildman–Crippen LogP) is 3.63. The molecule has 2 heterocycles. The summed E-state index contributed by atoms with van der Waals surface area (Å²) in [6.45, 7) is 3.64. The molecule has 156 valence electrons. The van der Waals surface area contributed by atoms with Gasteiger partial charge in [-0.1, -0.05) is 54.8 Å². The maximum Gasteiger partial charge on any atom is 0.264 e. The van der Waals surface area contributed by atoms with Crippen LogP contribution in [0.4, 0.5) is 0 Å². The second-order valence-electron chi connectivity index (χ2n) is 7.93. The normalized spacial score (nSPS) is 14.6. The number of carbonyl (C=O) groups excluding carboxylic acids is 1. The maximum absolute atomic E-state index is 13.2. The fourth-order valence-electron chi connectivity index (χ4n) is 4.08. The number of aromatic nitrogens is 3. The van der Waals surface area contributed by atoms with Crippen molar-refractivity contribution >= 4 is 5.91 Å². The van der Waals surface area contributed by atoms with Gasteiger partial charge in [0.25, 0.3) is 11.4 Å². The van der Waals surface area contributed by atoms with Gasteiger partial charge in [0.1, 0.15) is 12.1 Å². The molecule has 1 N–H and O–H groups in total. The van der Waals surface area contributed by atoms with Crippen LogP contribution < -0.4 is 10.9 Å². The minimum Gasteiger partial charge on any atom is -0.352 e. The predicted molar refractivity (Wildman–Crippen MR) is 114 cm³/mol. The molecule has 4 rings (SSSR count). The van der Waals surface area contributed by atoms with Crippen molar-refractivity contribution in [2.45, 2.75) is 58.5 Å². The highest BCUT2D eigenvalue weighted by atomic mass is 16.5. The number of nitrogens with zero attached hydrogens (tertiary/aromatic N) is 3. The van der Waals surface area contributed by atoms with Crippen molar-refractivity contribution in [3.63, 3.8) is 0 Å². The molecular formula is C23H26N4O3. The van der Waals surface area contributed by atoms with E-state index in [0.29, 0.717) is 11.4 Å². The average Bonchev–Trinajstić information content (AvgIpc) is 3.22. The number of benzene rings is 1. The molecule has 0 saturated heterocycles. The second-order valence-corrected chi connectivity index (χ2v) is 7.93. The number of nitrogens with one attached hydrogen (secondary N) is 1. The highest BCUT2D eigenvalue weighted by Crippen LogP contribution is 2.23. The van der Waals surface area contributed by atoms with Gasteiger partial charge >= 0.3 is 0 Å². The summed E-state index contributed by atoms with van der Waals surface area (Å²) in [5.74, 6) is 0.446. The second kappa shape index (κ2) is 8.65. The van der Waals surface area contributed by atoms with Crippen molar-refractivity contribution in [2.75, 3.05) is 0 Å². The minimum atomic E-state index is -0.297. The molecule has 7 heteroatoms. The summed E-state index contributed by atoms with van der Waals surface area (Å²) >= 11 is 0. The summed E-state index contributed by atoms with van der Waals surface area (Å²) in [5.41, 5.74) is 2.31. The monoisotopic (exact) mass is 406 g/mol. The molecule has 0 spiro atoms. The zero-order valence-corrected chi connectivity index (χ0v) is 17.4. The van der Waals surface area contributed by atoms with Crippen LogP contribution in [-0.2, 0) is 11.3 Å². The lowest BCUT2D eigenvalue weighted by atomic mass is 9.95. The van der Waals surface area contributed by atoms with Crippen LogP contribution in [-0.4, -0.2) is 26.7 Å². The summed E-state index contributed by atoms with van der Waals surface area (Å²) < 4.78 is 6.89. The van der Waals surface area contributed by atoms with Gasteiger partial charge in [0, 0.05) is 17.3 Å². The Balaban J connectivity index is 1.61. The van der Waals surface area contributed by atoms with E-state index in [1.807, 2.05) is 50.2 Å². The molecule has 30 heavy (non-hydrogen) atoms. The standard InChI is InChI=1S/C23H26N4O3/c1-15-13-16(2)27(14-19(28)24-18-11-7-4-8-12-18)23(29)20(15)22-25-21(26-30-22)17-9-5-3-6-10-17/h3,5-6,9-10,13,18H,4,7-8,11-12,14H2,1-2H3,(H,24,28). The van der Waals surface area contributed by atoms with Gasteiger partial charge in [-0.25, -0.2) is 0 Å². The van der Waals surface area contributed by atoms with Gasteiger partial charge in [-0.05, 0) is 38.3 Å². The van der Waals surface area contributed by atoms with E-state index in [2.05, 4.69) is 15.5 Å². The third-order valence-electron chi connectivity index (χ3n) is 5.65. The van der Waals surface area contributed by atoms with Crippen LogP contribution in [0.15, 0.2) is 45.7 Å². The van der Waals surface area contributed by atoms with Crippen LogP contribution in [0.1, 0.15) is 43.4 Å². The topological polar surface area (TPSA) is 90.0 Å². The maximum atomic E-state index is 13.2. The molecule has 0 bridgehead atoms. The van der Waals surface area contributed by atoms with Gasteiger partial charge < -0.3 is 14.4 Å². The number of hydrogen-bond acceptors (Lipinski definition) is 5. The molecule has 1 aliphatic carbocycles. The fraction of sp³-hybridized carbons (Fsp3) is 0.391. The zero-order chi connectivity index (χ0) is 21.1. The smallest absolute Gasteiger partial charge is 0.264 e. The van der Waals surface area contributed by atoms with E-state index in [0.717, 1.165) is 42.5 Å². The number of amides is 1. The Morgan fingerprint density at radius 1 is 1.17 bits per heavy atom. The quantitative estimate of drug-likeness (QED) is 0.699. The van der Waals surface area contributed by atoms with Gasteiger partial charge in [-0.2, -0.15) is 4.98 Å². The van der Waals surface area contributed by atoms with Gasteiger partial charge in [0.05, 0.1) is 0 Å². The average molecular weight is 406 g/mol. The van der Waals surface area contributed by atoms with Crippen molar-refractivity contribution in [3.05, 3.63) is 58.0 Å². The first-order valence-electron chi connectivity index (χ1n) is 10.4. The van der Waals surface area contributed by atoms with E-state index in [1.165, 1.54) is 11.0 Å². The molecule has 1 fully saturated rings. The number of aryl methyl sites for hydroxylation is 2. The highest BCUT2D eigenvalue weighted by molar-refractivity contribution is 5.76. The summed E-state index contributed by atoms with van der Waals surface area (Å²) in [7, 11) is 0. The van der Waals surface area contributed by atoms with Crippen LogP contribution >= 0.6 is 0 Å². The summed E-state index contributed by atoms with van der Waals surface area (Å²) in [6.07, 6.45) is 5.51. The van der Waals surface area contributed by atoms with E-state index >= 15 is 0 Å². The first-order chi connectivity index (χ1) is 14.5. The molecule has 7 nitrogen and oxygen atoms in total. The number of rotatable bonds is 5. The Kier molecular flexibility index (Phi) is 5.79. The molecule has 1 saturated carbocycles. The van der Waals surface area contributed by atoms with E-state index in [4.69, 9.17) is 4.52 Å². The minimum absolute atomic E-state index is 0.0197. The van der Waals surface area contributed by atoms with Crippen molar-refractivity contribution in [1.82, 2.24) is 20.0 Å². The summed E-state index contributed by atoms with van der Waals surface area (Å²) in [6, 6.07) is 11.5. The molecule has 0 atom stereocenters. The van der Waals surface area contributed by atoms with Gasteiger partial charge in [0.15, 0.2) is 0 Å². The van der Waals surface area contributed by atoms with Crippen LogP contribution in [0.3, 0.4) is 0 Å². The van der Waals surface area contributed by atoms with Crippen LogP contribution in [0.25, 0.3) is 22.8 Å². The molecule has 0 unspecified atom stereocenters. The lowest BCUT2D eigenvalue weighted by molar-refractivity contribution is -0.122. The number of hydrogen-bond donors (Lipinski definition) is 1. The first-order valence-corrected chi connectivity index (χ1v) is 10.4. The van der Waals surface area contributed by atoms with Crippen molar-refractivity contribution in [2.24, 2.45) is 0 Å². The van der Waals surface area contributed by atoms with Gasteiger partial charge in [0.2, 0.25) is 11.7 Å². The van der Waals surface area contributed by atoms with Crippen molar-refractivity contribution in [1.29, 1.82) is 0 Å². The summed E-state index contributed by atoms with van der Waals surface area (Å²) in [4.78, 5) is 30.2. The molecule has 1 aromatic carbocycles. The molecule has 3 aromatic rings. The van der Waals surface area contributed by atoms with Gasteiger partial charge in [-0.15, -0.1) is 0 Å². The van der Waals surface area contributed by atoms with E-state index in [-0.39, 0.29) is 29.9 Å². The highest BCUT2D eigenvalue weighted by Gasteiger charge is 2.21. The lowest BCUT2D eigenvalue weighted by Crippen LogP contribution is -2.40. The third-order valence-corrected chi connectivity index (χ3v) is 5.65. The Hall–Kier alpha value is -3.22. The zero-order valence-electron chi connectivity index (χ0n) is 17.4. The first kappa shape index (κ1) is 20.1. The lowest BCUT2D eigenvalue weighted by Gasteiger charge is -2.23. The fourth-order valence-corrected chi connectivity index (χ4v) is 4.08. The molecule has 1 aliphatic rings. The SMILES string of the molecule is Cc1cc(C)n(CC(=O)NC2CCCCC2)c(=O)c1-c1nc(-c2ccccc2)no1. The molecule has 0 aliphatic heterocycles. The van der Waals surface area contributed by atoms with E-state index in [1.54, 1.807) is 0 Å². The van der Waals surface area contributed by atoms with Gasteiger partial charge in [-0.3, -0.25) is 9.59 Å². The Morgan fingerprint density at radius 3 is 2.63 bits per heavy atom. The Morgan fingerprint density at radius 2 is 1.90 bits per heavy atom. The molecular weight excluding hydrogens is 380 g/mol. The number of carbonyl (C=O) groups is 1. The molecule has 2 aromatic heterocycles. The third kappa shape index (κ3) is 4.20. The van der Waals surface area contributed by atoms with Crippen LogP contribution in [0, 0.1) is 13.8 Å². The van der Waals surface area contributed by atoms with E-state index < -0.39 is 0 Å². The van der Waals surface area contributed by atoms with Crippen LogP contribution in [0.2, 0.25) is 0 Å². The number of pyridine rings is 1. The van der Waals surface area contributed by atoms with Crippen LogP contribution in [0.5, 0.6) is 0 Å². The molecule has 0 radical (unpaired) electrons. The molecule has 1 amide bonds. The van der Waals surface area contributed by atoms with Crippen molar-refractivity contribution in [3.8, 4) is 22.8 Å². The Bertz CT molecular complexity index is 1100. The largest absolute Gasteiger partial charge is 0.352 e. The Labute approximate surface area is 175 Å². The summed E-state index contributed by atoms with van der Waals surface area (Å²) in [5, 5.41) is 7.09. The van der Waals surface area contributed by atoms with E-state index in [9.17, 15) is 9.59 Å². The van der Waals surface area contributed by atoms with Crippen molar-refractivity contribution < 1.29 is 9.32 Å².